The van der Waals surface area contributed by atoms with E-state index in [1.807, 2.05) is 18.2 Å². The Bertz CT molecular complexity index is 440. The molecule has 1 saturated heterocycles. The lowest BCUT2D eigenvalue weighted by molar-refractivity contribution is 0.170. The van der Waals surface area contributed by atoms with Crippen molar-refractivity contribution >= 4 is 24.8 Å². The molecule has 1 atom stereocenters. The lowest BCUT2D eigenvalue weighted by Gasteiger charge is -2.35. The standard InChI is InChI=1S/C15H21FN2O.2ClH/c1-3-5-13(18-10-8-17-9-11-18)12-6-4-7-14(19-2)15(12)16;;/h3-4,6-7,13,17H,1,5,8-11H2,2H3;2*1H/t13-;;/m0../s1. The highest BCUT2D eigenvalue weighted by molar-refractivity contribution is 5.85. The summed E-state index contributed by atoms with van der Waals surface area (Å²) in [4.78, 5) is 2.30. The fraction of sp³-hybridized carbons (Fsp3) is 0.467. The molecule has 3 nitrogen and oxygen atoms in total. The van der Waals surface area contributed by atoms with Crippen LogP contribution in [0.15, 0.2) is 30.9 Å². The van der Waals surface area contributed by atoms with Crippen LogP contribution in [0.25, 0.3) is 0 Å². The van der Waals surface area contributed by atoms with E-state index in [4.69, 9.17) is 4.74 Å². The summed E-state index contributed by atoms with van der Waals surface area (Å²) >= 11 is 0. The molecule has 1 aliphatic heterocycles. The molecule has 6 heteroatoms. The molecule has 1 aromatic rings. The molecule has 2 rings (SSSR count). The van der Waals surface area contributed by atoms with E-state index in [-0.39, 0.29) is 36.7 Å². The zero-order chi connectivity index (χ0) is 13.7. The smallest absolute Gasteiger partial charge is 0.169 e. The van der Waals surface area contributed by atoms with Gasteiger partial charge in [-0.2, -0.15) is 0 Å². The Kier molecular flexibility index (Phi) is 9.62. The van der Waals surface area contributed by atoms with Crippen LogP contribution >= 0.6 is 24.8 Å². The number of benzene rings is 1. The second kappa shape index (κ2) is 10.0. The first kappa shape index (κ1) is 20.2. The predicted octanol–water partition coefficient (Wildman–Crippen LogP) is 3.20. The first-order valence-corrected chi connectivity index (χ1v) is 6.66. The molecular weight excluding hydrogens is 314 g/mol. The molecular formula is C15H23Cl2FN2O. The maximum absolute atomic E-state index is 14.4. The molecule has 120 valence electrons. The number of nitrogens with zero attached hydrogens (tertiary/aromatic N) is 1. The van der Waals surface area contributed by atoms with Gasteiger partial charge in [-0.05, 0) is 12.5 Å². The van der Waals surface area contributed by atoms with Gasteiger partial charge in [-0.1, -0.05) is 18.2 Å². The summed E-state index contributed by atoms with van der Waals surface area (Å²) in [5.41, 5.74) is 0.696. The molecule has 0 aromatic heterocycles. The van der Waals surface area contributed by atoms with E-state index in [2.05, 4.69) is 16.8 Å². The third kappa shape index (κ3) is 4.85. The van der Waals surface area contributed by atoms with Crippen molar-refractivity contribution in [3.05, 3.63) is 42.2 Å². The Morgan fingerprint density at radius 1 is 1.38 bits per heavy atom. The molecule has 1 heterocycles. The van der Waals surface area contributed by atoms with Gasteiger partial charge in [0.2, 0.25) is 0 Å². The number of hydrogen-bond donors (Lipinski definition) is 1. The summed E-state index contributed by atoms with van der Waals surface area (Å²) in [5.74, 6) is 0.0529. The minimum absolute atomic E-state index is 0. The number of nitrogens with one attached hydrogen (secondary N) is 1. The van der Waals surface area contributed by atoms with Crippen LogP contribution < -0.4 is 10.1 Å². The van der Waals surface area contributed by atoms with Crippen molar-refractivity contribution in [1.82, 2.24) is 10.2 Å². The van der Waals surface area contributed by atoms with Gasteiger partial charge in [-0.3, -0.25) is 4.90 Å². The first-order valence-electron chi connectivity index (χ1n) is 6.66. The Morgan fingerprint density at radius 3 is 2.62 bits per heavy atom. The van der Waals surface area contributed by atoms with Crippen molar-refractivity contribution < 1.29 is 9.13 Å². The number of methoxy groups -OCH3 is 1. The van der Waals surface area contributed by atoms with Crippen molar-refractivity contribution in [1.29, 1.82) is 0 Å². The van der Waals surface area contributed by atoms with E-state index in [1.54, 1.807) is 6.07 Å². The van der Waals surface area contributed by atoms with Crippen LogP contribution in [0.5, 0.6) is 5.75 Å². The molecule has 1 N–H and O–H groups in total. The third-order valence-electron chi connectivity index (χ3n) is 3.55. The van der Waals surface area contributed by atoms with Gasteiger partial charge in [-0.25, -0.2) is 4.39 Å². The van der Waals surface area contributed by atoms with Gasteiger partial charge in [0.15, 0.2) is 11.6 Å². The topological polar surface area (TPSA) is 24.5 Å². The maximum Gasteiger partial charge on any atom is 0.169 e. The Balaban J connectivity index is 0.00000200. The SMILES string of the molecule is C=CC[C@@H](c1cccc(OC)c1F)N1CCNCC1.Cl.Cl. The molecule has 0 radical (unpaired) electrons. The van der Waals surface area contributed by atoms with Crippen LogP contribution in [0.4, 0.5) is 4.39 Å². The molecule has 1 aromatic carbocycles. The summed E-state index contributed by atoms with van der Waals surface area (Å²) in [7, 11) is 1.50. The van der Waals surface area contributed by atoms with Gasteiger partial charge in [0, 0.05) is 37.8 Å². The van der Waals surface area contributed by atoms with Crippen LogP contribution in [-0.2, 0) is 0 Å². The zero-order valence-corrected chi connectivity index (χ0v) is 13.8. The Morgan fingerprint density at radius 2 is 2.05 bits per heavy atom. The highest BCUT2D eigenvalue weighted by atomic mass is 35.5. The molecule has 0 aliphatic carbocycles. The first-order chi connectivity index (χ1) is 9.27. The normalized spacial score (nSPS) is 16.3. The number of piperazine rings is 1. The van der Waals surface area contributed by atoms with Crippen LogP contribution in [-0.4, -0.2) is 38.2 Å². The van der Waals surface area contributed by atoms with Gasteiger partial charge in [-0.15, -0.1) is 31.4 Å². The van der Waals surface area contributed by atoms with E-state index in [0.29, 0.717) is 11.3 Å². The second-order valence-electron chi connectivity index (χ2n) is 4.69. The van der Waals surface area contributed by atoms with Crippen LogP contribution in [0.2, 0.25) is 0 Å². The van der Waals surface area contributed by atoms with Crippen molar-refractivity contribution in [3.63, 3.8) is 0 Å². The monoisotopic (exact) mass is 336 g/mol. The van der Waals surface area contributed by atoms with Crippen molar-refractivity contribution in [2.75, 3.05) is 33.3 Å². The average Bonchev–Trinajstić information content (AvgIpc) is 2.46. The van der Waals surface area contributed by atoms with Crippen LogP contribution in [0, 0.1) is 5.82 Å². The minimum Gasteiger partial charge on any atom is -0.494 e. The quantitative estimate of drug-likeness (QED) is 0.835. The van der Waals surface area contributed by atoms with E-state index >= 15 is 0 Å². The summed E-state index contributed by atoms with van der Waals surface area (Å²) < 4.78 is 19.5. The number of rotatable bonds is 5. The second-order valence-corrected chi connectivity index (χ2v) is 4.69. The van der Waals surface area contributed by atoms with Gasteiger partial charge >= 0.3 is 0 Å². The number of halogens is 3. The Hall–Kier alpha value is -0.810. The lowest BCUT2D eigenvalue weighted by atomic mass is 10.00. The maximum atomic E-state index is 14.4. The van der Waals surface area contributed by atoms with Crippen molar-refractivity contribution in [2.24, 2.45) is 0 Å². The highest BCUT2D eigenvalue weighted by Crippen LogP contribution is 2.31. The average molecular weight is 337 g/mol. The largest absolute Gasteiger partial charge is 0.494 e. The Labute approximate surface area is 138 Å². The van der Waals surface area contributed by atoms with E-state index < -0.39 is 0 Å². The number of ether oxygens (including phenoxy) is 1. The lowest BCUT2D eigenvalue weighted by Crippen LogP contribution is -2.45. The predicted molar refractivity (Wildman–Crippen MR) is 89.4 cm³/mol. The zero-order valence-electron chi connectivity index (χ0n) is 12.2. The van der Waals surface area contributed by atoms with E-state index in [1.165, 1.54) is 7.11 Å². The van der Waals surface area contributed by atoms with Crippen LogP contribution in [0.1, 0.15) is 18.0 Å². The fourth-order valence-corrected chi connectivity index (χ4v) is 2.57. The van der Waals surface area contributed by atoms with E-state index in [0.717, 1.165) is 32.6 Å². The highest BCUT2D eigenvalue weighted by Gasteiger charge is 2.24. The van der Waals surface area contributed by atoms with Crippen LogP contribution in [0.3, 0.4) is 0 Å². The van der Waals surface area contributed by atoms with Crippen molar-refractivity contribution in [2.45, 2.75) is 12.5 Å². The molecule has 1 aliphatic rings. The fourth-order valence-electron chi connectivity index (χ4n) is 2.57. The molecule has 21 heavy (non-hydrogen) atoms. The van der Waals surface area contributed by atoms with Gasteiger partial charge in [0.25, 0.3) is 0 Å². The molecule has 0 spiro atoms. The molecule has 0 unspecified atom stereocenters. The number of hydrogen-bond acceptors (Lipinski definition) is 3. The molecule has 0 bridgehead atoms. The summed E-state index contributed by atoms with van der Waals surface area (Å²) in [6, 6.07) is 5.38. The minimum atomic E-state index is -0.254. The summed E-state index contributed by atoms with van der Waals surface area (Å²) in [6.07, 6.45) is 2.59. The van der Waals surface area contributed by atoms with Crippen molar-refractivity contribution in [3.8, 4) is 5.75 Å². The van der Waals surface area contributed by atoms with E-state index in [9.17, 15) is 4.39 Å². The molecule has 0 saturated carbocycles. The molecule has 1 fully saturated rings. The summed E-state index contributed by atoms with van der Waals surface area (Å²) in [6.45, 7) is 7.54. The van der Waals surface area contributed by atoms with Gasteiger partial charge in [0.1, 0.15) is 0 Å². The third-order valence-corrected chi connectivity index (χ3v) is 3.55. The summed E-state index contributed by atoms with van der Waals surface area (Å²) in [5, 5.41) is 3.31. The molecule has 0 amide bonds. The van der Waals surface area contributed by atoms with Gasteiger partial charge in [0.05, 0.1) is 7.11 Å². The van der Waals surface area contributed by atoms with Gasteiger partial charge < -0.3 is 10.1 Å².